The fourth-order valence-electron chi connectivity index (χ4n) is 3.14. The zero-order valence-corrected chi connectivity index (χ0v) is 14.6. The van der Waals surface area contributed by atoms with Gasteiger partial charge in [-0.1, -0.05) is 36.4 Å². The zero-order chi connectivity index (χ0) is 17.4. The molecule has 3 aromatic rings. The van der Waals surface area contributed by atoms with Crippen LogP contribution in [0.1, 0.15) is 22.2 Å². The van der Waals surface area contributed by atoms with Crippen LogP contribution < -0.4 is 4.90 Å². The van der Waals surface area contributed by atoms with E-state index in [1.54, 1.807) is 11.8 Å². The summed E-state index contributed by atoms with van der Waals surface area (Å²) < 4.78 is 6.47. The summed E-state index contributed by atoms with van der Waals surface area (Å²) in [7, 11) is 0. The van der Waals surface area contributed by atoms with Gasteiger partial charge in [-0.15, -0.1) is 11.3 Å². The van der Waals surface area contributed by atoms with Gasteiger partial charge in [0.15, 0.2) is 6.10 Å². The molecule has 0 fully saturated rings. The van der Waals surface area contributed by atoms with E-state index < -0.39 is 12.1 Å². The van der Waals surface area contributed by atoms with Gasteiger partial charge in [0, 0.05) is 16.9 Å². The minimum atomic E-state index is -0.816. The summed E-state index contributed by atoms with van der Waals surface area (Å²) >= 11 is 1.38. The molecule has 25 heavy (non-hydrogen) atoms. The molecule has 0 N–H and O–H groups in total. The molecule has 0 bridgehead atoms. The molecule has 1 atom stereocenters. The largest absolute Gasteiger partial charge is 0.448 e. The highest BCUT2D eigenvalue weighted by Gasteiger charge is 2.30. The van der Waals surface area contributed by atoms with E-state index in [9.17, 15) is 9.59 Å². The summed E-state index contributed by atoms with van der Waals surface area (Å²) in [6.07, 6.45) is 0.0164. The van der Waals surface area contributed by atoms with Gasteiger partial charge in [0.1, 0.15) is 4.88 Å². The number of hydrogen-bond acceptors (Lipinski definition) is 4. The van der Waals surface area contributed by atoms with Gasteiger partial charge in [0.2, 0.25) is 0 Å². The monoisotopic (exact) mass is 351 g/mol. The van der Waals surface area contributed by atoms with E-state index in [2.05, 4.69) is 0 Å². The summed E-state index contributed by atoms with van der Waals surface area (Å²) in [5.41, 5.74) is 2.07. The number of nitrogens with zero attached hydrogens (tertiary/aromatic N) is 1. The van der Waals surface area contributed by atoms with Gasteiger partial charge in [-0.2, -0.15) is 0 Å². The highest BCUT2D eigenvalue weighted by atomic mass is 32.1. The Bertz CT molecular complexity index is 929. The van der Waals surface area contributed by atoms with E-state index in [4.69, 9.17) is 4.74 Å². The first-order valence-corrected chi connectivity index (χ1v) is 9.04. The molecule has 1 aromatic heterocycles. The Morgan fingerprint density at radius 1 is 1.12 bits per heavy atom. The number of hydrogen-bond donors (Lipinski definition) is 0. The van der Waals surface area contributed by atoms with Crippen LogP contribution in [0.4, 0.5) is 5.69 Å². The number of esters is 1. The lowest BCUT2D eigenvalue weighted by Crippen LogP contribution is -2.39. The van der Waals surface area contributed by atoms with Crippen LogP contribution in [-0.2, 0) is 16.0 Å². The van der Waals surface area contributed by atoms with E-state index in [0.29, 0.717) is 11.4 Å². The molecule has 0 saturated carbocycles. The van der Waals surface area contributed by atoms with Crippen molar-refractivity contribution < 1.29 is 14.3 Å². The van der Waals surface area contributed by atoms with Crippen molar-refractivity contribution >= 4 is 39.0 Å². The van der Waals surface area contributed by atoms with Gasteiger partial charge in [-0.25, -0.2) is 4.79 Å². The van der Waals surface area contributed by atoms with E-state index in [0.717, 1.165) is 27.8 Å². The van der Waals surface area contributed by atoms with Crippen LogP contribution in [0.25, 0.3) is 10.1 Å². The Morgan fingerprint density at radius 3 is 2.72 bits per heavy atom. The summed E-state index contributed by atoms with van der Waals surface area (Å²) in [6.45, 7) is 2.26. The Morgan fingerprint density at radius 2 is 1.88 bits per heavy atom. The number of para-hydroxylation sites is 1. The number of benzene rings is 2. The van der Waals surface area contributed by atoms with Crippen molar-refractivity contribution in [1.29, 1.82) is 0 Å². The minimum absolute atomic E-state index is 0.181. The maximum absolute atomic E-state index is 12.7. The number of anilines is 1. The zero-order valence-electron chi connectivity index (χ0n) is 13.8. The van der Waals surface area contributed by atoms with Crippen LogP contribution in [0.5, 0.6) is 0 Å². The summed E-state index contributed by atoms with van der Waals surface area (Å²) in [4.78, 5) is 27.3. The van der Waals surface area contributed by atoms with Gasteiger partial charge in [0.25, 0.3) is 5.91 Å². The third-order valence-corrected chi connectivity index (χ3v) is 5.51. The Hall–Kier alpha value is -2.66. The number of amides is 1. The first-order chi connectivity index (χ1) is 12.1. The first kappa shape index (κ1) is 15.8. The Kier molecular flexibility index (Phi) is 4.01. The molecule has 5 heteroatoms. The first-order valence-electron chi connectivity index (χ1n) is 8.22. The van der Waals surface area contributed by atoms with Gasteiger partial charge >= 0.3 is 5.97 Å². The van der Waals surface area contributed by atoms with E-state index >= 15 is 0 Å². The van der Waals surface area contributed by atoms with Crippen molar-refractivity contribution in [3.8, 4) is 0 Å². The molecule has 0 spiro atoms. The van der Waals surface area contributed by atoms with Crippen LogP contribution in [0.2, 0.25) is 0 Å². The van der Waals surface area contributed by atoms with Gasteiger partial charge < -0.3 is 9.64 Å². The smallest absolute Gasteiger partial charge is 0.349 e. The third-order valence-electron chi connectivity index (χ3n) is 4.41. The molecule has 0 radical (unpaired) electrons. The van der Waals surface area contributed by atoms with Gasteiger partial charge in [-0.05, 0) is 42.5 Å². The number of carbonyl (C=O) groups excluding carboxylic acids is 2. The summed E-state index contributed by atoms with van der Waals surface area (Å²) in [6, 6.07) is 17.4. The van der Waals surface area contributed by atoms with Crippen LogP contribution in [0.3, 0.4) is 0 Å². The molecule has 1 amide bonds. The van der Waals surface area contributed by atoms with Crippen LogP contribution in [0, 0.1) is 0 Å². The number of carbonyl (C=O) groups is 2. The van der Waals surface area contributed by atoms with Crippen LogP contribution in [0.15, 0.2) is 54.6 Å². The maximum Gasteiger partial charge on any atom is 0.349 e. The average molecular weight is 351 g/mol. The lowest BCUT2D eigenvalue weighted by atomic mass is 10.2. The lowest BCUT2D eigenvalue weighted by molar-refractivity contribution is -0.126. The number of ether oxygens (including phenoxy) is 1. The fraction of sp³-hybridized carbons (Fsp3) is 0.200. The van der Waals surface area contributed by atoms with Crippen LogP contribution >= 0.6 is 11.3 Å². The highest BCUT2D eigenvalue weighted by Crippen LogP contribution is 2.29. The predicted molar refractivity (Wildman–Crippen MR) is 99.2 cm³/mol. The molecule has 1 aliphatic heterocycles. The Balaban J connectivity index is 1.49. The maximum atomic E-state index is 12.7. The minimum Gasteiger partial charge on any atom is -0.448 e. The highest BCUT2D eigenvalue weighted by molar-refractivity contribution is 7.20. The fourth-order valence-corrected chi connectivity index (χ4v) is 4.08. The van der Waals surface area contributed by atoms with Gasteiger partial charge in [0.05, 0.1) is 0 Å². The molecule has 4 nitrogen and oxygen atoms in total. The molecule has 1 aliphatic rings. The van der Waals surface area contributed by atoms with Crippen LogP contribution in [-0.4, -0.2) is 24.5 Å². The molecule has 2 aromatic carbocycles. The number of rotatable bonds is 3. The predicted octanol–water partition coefficient (Wildman–Crippen LogP) is 4.04. The second-order valence-corrected chi connectivity index (χ2v) is 7.15. The van der Waals surface area contributed by atoms with E-state index in [-0.39, 0.29) is 5.91 Å². The molecule has 0 aliphatic carbocycles. The van der Waals surface area contributed by atoms with Gasteiger partial charge in [-0.3, -0.25) is 4.79 Å². The molecule has 126 valence electrons. The molecule has 0 saturated heterocycles. The van der Waals surface area contributed by atoms with Crippen molar-refractivity contribution in [2.75, 3.05) is 11.4 Å². The number of fused-ring (bicyclic) bond motifs is 2. The van der Waals surface area contributed by atoms with E-state index in [1.807, 2.05) is 54.6 Å². The summed E-state index contributed by atoms with van der Waals surface area (Å²) in [5.74, 6) is -0.631. The standard InChI is InChI=1S/C20H17NO3S/c1-13(19(22)21-11-10-14-6-2-4-8-16(14)21)24-20(23)18-12-15-7-3-5-9-17(15)25-18/h2-9,12-13H,10-11H2,1H3/t13-/m0/s1. The van der Waals surface area contributed by atoms with Crippen molar-refractivity contribution in [3.05, 3.63) is 65.0 Å². The van der Waals surface area contributed by atoms with Crippen molar-refractivity contribution in [3.63, 3.8) is 0 Å². The van der Waals surface area contributed by atoms with E-state index in [1.165, 1.54) is 11.3 Å². The van der Waals surface area contributed by atoms with Crippen molar-refractivity contribution in [1.82, 2.24) is 0 Å². The van der Waals surface area contributed by atoms with Crippen molar-refractivity contribution in [2.45, 2.75) is 19.4 Å². The summed E-state index contributed by atoms with van der Waals surface area (Å²) in [5, 5.41) is 1.01. The molecule has 2 heterocycles. The Labute approximate surface area is 149 Å². The second kappa shape index (κ2) is 6.33. The molecular weight excluding hydrogens is 334 g/mol. The molecule has 4 rings (SSSR count). The average Bonchev–Trinajstić information content (AvgIpc) is 3.25. The number of thiophene rings is 1. The third kappa shape index (κ3) is 2.91. The molecule has 0 unspecified atom stereocenters. The molecular formula is C20H17NO3S. The second-order valence-electron chi connectivity index (χ2n) is 6.06. The topological polar surface area (TPSA) is 46.6 Å². The normalized spacial score (nSPS) is 14.4. The van der Waals surface area contributed by atoms with Crippen molar-refractivity contribution in [2.24, 2.45) is 0 Å². The SMILES string of the molecule is C[C@H](OC(=O)c1cc2ccccc2s1)C(=O)N1CCc2ccccc21. The quantitative estimate of drug-likeness (QED) is 0.669. The lowest BCUT2D eigenvalue weighted by Gasteiger charge is -2.21.